The van der Waals surface area contributed by atoms with Crippen molar-refractivity contribution in [2.75, 3.05) is 13.7 Å². The molecule has 0 aromatic heterocycles. The standard InChI is InChI=1S/C26H32N2O4S/c1-32-24-5-3-2-4-23(24)25(29)27-11-10-18-6-8-22(9-7-18)33(30,31)28-26-15-19-12-20(16-26)14-21(13-19)17-26/h2-9,19-21,28H,10-17H2,1H3,(H,27,29). The average molecular weight is 469 g/mol. The van der Waals surface area contributed by atoms with E-state index >= 15 is 0 Å². The van der Waals surface area contributed by atoms with Gasteiger partial charge in [0.1, 0.15) is 5.75 Å². The minimum absolute atomic E-state index is 0.188. The Bertz CT molecular complexity index is 1090. The summed E-state index contributed by atoms with van der Waals surface area (Å²) in [6, 6.07) is 14.1. The number of amides is 1. The molecule has 4 aliphatic rings. The van der Waals surface area contributed by atoms with Crippen molar-refractivity contribution in [2.45, 2.75) is 55.4 Å². The first-order valence-electron chi connectivity index (χ1n) is 11.9. The monoisotopic (exact) mass is 468 g/mol. The van der Waals surface area contributed by atoms with E-state index in [0.717, 1.165) is 24.8 Å². The van der Waals surface area contributed by atoms with Crippen molar-refractivity contribution in [3.8, 4) is 5.75 Å². The van der Waals surface area contributed by atoms with E-state index < -0.39 is 10.0 Å². The normalized spacial score (nSPS) is 28.0. The highest BCUT2D eigenvalue weighted by molar-refractivity contribution is 7.89. The number of ether oxygens (including phenoxy) is 1. The van der Waals surface area contributed by atoms with Crippen LogP contribution in [0.3, 0.4) is 0 Å². The molecular formula is C26H32N2O4S. The smallest absolute Gasteiger partial charge is 0.255 e. The Hall–Kier alpha value is -2.38. The Labute approximate surface area is 196 Å². The van der Waals surface area contributed by atoms with Gasteiger partial charge in [-0.1, -0.05) is 24.3 Å². The van der Waals surface area contributed by atoms with Crippen LogP contribution >= 0.6 is 0 Å². The van der Waals surface area contributed by atoms with Crippen LogP contribution in [0.1, 0.15) is 54.4 Å². The molecule has 0 radical (unpaired) electrons. The van der Waals surface area contributed by atoms with E-state index in [1.165, 1.54) is 19.3 Å². The van der Waals surface area contributed by atoms with Crippen molar-refractivity contribution in [3.05, 3.63) is 59.7 Å². The van der Waals surface area contributed by atoms with Crippen LogP contribution in [-0.2, 0) is 16.4 Å². The molecule has 33 heavy (non-hydrogen) atoms. The van der Waals surface area contributed by atoms with Crippen LogP contribution in [-0.4, -0.2) is 33.5 Å². The fourth-order valence-corrected chi connectivity index (χ4v) is 8.09. The Morgan fingerprint density at radius 3 is 2.18 bits per heavy atom. The molecule has 1 amide bonds. The molecule has 4 aliphatic carbocycles. The molecule has 2 aromatic carbocycles. The van der Waals surface area contributed by atoms with Gasteiger partial charge in [-0.25, -0.2) is 13.1 Å². The van der Waals surface area contributed by atoms with Crippen molar-refractivity contribution in [1.82, 2.24) is 10.0 Å². The molecule has 0 atom stereocenters. The first-order valence-corrected chi connectivity index (χ1v) is 13.4. The van der Waals surface area contributed by atoms with Gasteiger partial charge in [-0.3, -0.25) is 4.79 Å². The summed E-state index contributed by atoms with van der Waals surface area (Å²) >= 11 is 0. The molecule has 0 spiro atoms. The fraction of sp³-hybridized carbons (Fsp3) is 0.500. The number of methoxy groups -OCH3 is 1. The van der Waals surface area contributed by atoms with E-state index in [1.54, 1.807) is 37.4 Å². The summed E-state index contributed by atoms with van der Waals surface area (Å²) in [5.41, 5.74) is 1.23. The number of rotatable bonds is 8. The Balaban J connectivity index is 1.18. The molecule has 4 saturated carbocycles. The average Bonchev–Trinajstić information content (AvgIpc) is 2.77. The minimum Gasteiger partial charge on any atom is -0.496 e. The zero-order valence-electron chi connectivity index (χ0n) is 19.0. The van der Waals surface area contributed by atoms with Gasteiger partial charge < -0.3 is 10.1 Å². The van der Waals surface area contributed by atoms with Gasteiger partial charge in [-0.15, -0.1) is 0 Å². The Kier molecular flexibility index (Phi) is 5.95. The predicted octanol–water partition coefficient (Wildman–Crippen LogP) is 3.91. The summed E-state index contributed by atoms with van der Waals surface area (Å²) in [4.78, 5) is 12.7. The zero-order chi connectivity index (χ0) is 23.1. The Morgan fingerprint density at radius 1 is 0.970 bits per heavy atom. The van der Waals surface area contributed by atoms with Gasteiger partial charge in [-0.2, -0.15) is 0 Å². The second-order valence-corrected chi connectivity index (χ2v) is 11.8. The van der Waals surface area contributed by atoms with E-state index in [0.29, 0.717) is 46.9 Å². The summed E-state index contributed by atoms with van der Waals surface area (Å²) in [5, 5.41) is 2.90. The van der Waals surface area contributed by atoms with Crippen molar-refractivity contribution < 1.29 is 17.9 Å². The van der Waals surface area contributed by atoms with E-state index in [1.807, 2.05) is 18.2 Å². The third kappa shape index (κ3) is 4.66. The van der Waals surface area contributed by atoms with Crippen molar-refractivity contribution in [3.63, 3.8) is 0 Å². The van der Waals surface area contributed by atoms with Gasteiger partial charge >= 0.3 is 0 Å². The number of para-hydroxylation sites is 1. The molecule has 4 bridgehead atoms. The topological polar surface area (TPSA) is 84.5 Å². The molecule has 6 rings (SSSR count). The first kappa shape index (κ1) is 22.4. The summed E-state index contributed by atoms with van der Waals surface area (Å²) < 4.78 is 34.7. The SMILES string of the molecule is COc1ccccc1C(=O)NCCc1ccc(S(=O)(=O)NC23CC4CC(CC(C4)C2)C3)cc1. The van der Waals surface area contributed by atoms with E-state index in [4.69, 9.17) is 4.74 Å². The summed E-state index contributed by atoms with van der Waals surface area (Å²) in [6.07, 6.45) is 7.42. The highest BCUT2D eigenvalue weighted by Gasteiger charge is 2.52. The van der Waals surface area contributed by atoms with Gasteiger partial charge in [0.05, 0.1) is 17.6 Å². The first-order chi connectivity index (χ1) is 15.9. The van der Waals surface area contributed by atoms with E-state index in [2.05, 4.69) is 10.0 Å². The highest BCUT2D eigenvalue weighted by atomic mass is 32.2. The quantitative estimate of drug-likeness (QED) is 0.615. The maximum atomic E-state index is 13.2. The van der Waals surface area contributed by atoms with Gasteiger partial charge in [-0.05, 0) is 92.5 Å². The molecule has 2 aromatic rings. The summed E-state index contributed by atoms with van der Waals surface area (Å²) in [5.74, 6) is 2.41. The molecule has 2 N–H and O–H groups in total. The van der Waals surface area contributed by atoms with Gasteiger partial charge in [0.15, 0.2) is 0 Å². The third-order valence-corrected chi connectivity index (χ3v) is 9.27. The minimum atomic E-state index is -3.55. The predicted molar refractivity (Wildman–Crippen MR) is 127 cm³/mol. The number of carbonyl (C=O) groups is 1. The number of hydrogen-bond acceptors (Lipinski definition) is 4. The molecule has 6 nitrogen and oxygen atoms in total. The number of sulfonamides is 1. The largest absolute Gasteiger partial charge is 0.496 e. The fourth-order valence-electron chi connectivity index (χ4n) is 6.66. The van der Waals surface area contributed by atoms with E-state index in [-0.39, 0.29) is 11.4 Å². The van der Waals surface area contributed by atoms with Crippen LogP contribution in [0.5, 0.6) is 5.75 Å². The van der Waals surface area contributed by atoms with Gasteiger partial charge in [0, 0.05) is 12.1 Å². The molecule has 7 heteroatoms. The van der Waals surface area contributed by atoms with Crippen LogP contribution < -0.4 is 14.8 Å². The molecule has 176 valence electrons. The van der Waals surface area contributed by atoms with E-state index in [9.17, 15) is 13.2 Å². The lowest BCUT2D eigenvalue weighted by Crippen LogP contribution is -2.59. The zero-order valence-corrected chi connectivity index (χ0v) is 19.9. The lowest BCUT2D eigenvalue weighted by molar-refractivity contribution is -0.00810. The molecule has 4 fully saturated rings. The second-order valence-electron chi connectivity index (χ2n) is 10.2. The highest BCUT2D eigenvalue weighted by Crippen LogP contribution is 2.55. The number of nitrogens with one attached hydrogen (secondary N) is 2. The number of carbonyl (C=O) groups excluding carboxylic acids is 1. The lowest BCUT2D eigenvalue weighted by atomic mass is 9.53. The third-order valence-electron chi connectivity index (χ3n) is 7.67. The summed E-state index contributed by atoms with van der Waals surface area (Å²) in [7, 11) is -2.01. The van der Waals surface area contributed by atoms with Crippen LogP contribution in [0.25, 0.3) is 0 Å². The van der Waals surface area contributed by atoms with Crippen molar-refractivity contribution >= 4 is 15.9 Å². The van der Waals surface area contributed by atoms with Crippen molar-refractivity contribution in [2.24, 2.45) is 17.8 Å². The van der Waals surface area contributed by atoms with Crippen LogP contribution in [0.2, 0.25) is 0 Å². The molecular weight excluding hydrogens is 436 g/mol. The molecule has 0 saturated heterocycles. The molecule has 0 unspecified atom stereocenters. The second kappa shape index (κ2) is 8.76. The molecule has 0 heterocycles. The van der Waals surface area contributed by atoms with Gasteiger partial charge in [0.25, 0.3) is 5.91 Å². The van der Waals surface area contributed by atoms with Crippen molar-refractivity contribution in [1.29, 1.82) is 0 Å². The number of hydrogen-bond donors (Lipinski definition) is 2. The maximum absolute atomic E-state index is 13.2. The van der Waals surface area contributed by atoms with Crippen LogP contribution in [0.15, 0.2) is 53.4 Å². The lowest BCUT2D eigenvalue weighted by Gasteiger charge is -2.56. The van der Waals surface area contributed by atoms with Gasteiger partial charge in [0.2, 0.25) is 10.0 Å². The van der Waals surface area contributed by atoms with Crippen LogP contribution in [0, 0.1) is 17.8 Å². The molecule has 0 aliphatic heterocycles. The number of benzene rings is 2. The Morgan fingerprint density at radius 2 is 1.58 bits per heavy atom. The summed E-state index contributed by atoms with van der Waals surface area (Å²) in [6.45, 7) is 0.453. The maximum Gasteiger partial charge on any atom is 0.255 e. The van der Waals surface area contributed by atoms with Crippen LogP contribution in [0.4, 0.5) is 0 Å².